The number of aromatic nitrogens is 1. The van der Waals surface area contributed by atoms with E-state index in [1.54, 1.807) is 0 Å². The largest absolute Gasteiger partial charge is 0.496 e. The van der Waals surface area contributed by atoms with Crippen molar-refractivity contribution < 1.29 is 17.9 Å². The second-order valence-corrected chi connectivity index (χ2v) is 5.83. The average Bonchev–Trinajstić information content (AvgIpc) is 2.70. The maximum absolute atomic E-state index is 13.1. The van der Waals surface area contributed by atoms with Crippen molar-refractivity contribution in [1.82, 2.24) is 9.88 Å². The molecule has 0 bridgehead atoms. The van der Waals surface area contributed by atoms with E-state index in [1.165, 1.54) is 13.2 Å². The minimum Gasteiger partial charge on any atom is -0.496 e. The summed E-state index contributed by atoms with van der Waals surface area (Å²) < 4.78 is 45.2. The van der Waals surface area contributed by atoms with Gasteiger partial charge in [-0.05, 0) is 54.1 Å². The van der Waals surface area contributed by atoms with E-state index >= 15 is 0 Å². The van der Waals surface area contributed by atoms with Crippen LogP contribution in [0.1, 0.15) is 11.1 Å². The maximum Gasteiger partial charge on any atom is 0.418 e. The average molecular weight is 365 g/mol. The molecule has 21 heavy (non-hydrogen) atoms. The lowest BCUT2D eigenvalue weighted by molar-refractivity contribution is -0.136. The third-order valence-electron chi connectivity index (χ3n) is 3.30. The van der Waals surface area contributed by atoms with Gasteiger partial charge in [0.25, 0.3) is 0 Å². The Morgan fingerprint density at radius 1 is 1.29 bits per heavy atom. The highest BCUT2D eigenvalue weighted by atomic mass is 79.9. The number of nitrogens with one attached hydrogen (secondary N) is 1. The Balaban J connectivity index is 2.67. The van der Waals surface area contributed by atoms with Crippen LogP contribution in [0.15, 0.2) is 16.7 Å². The molecule has 0 fully saturated rings. The van der Waals surface area contributed by atoms with Crippen molar-refractivity contribution in [3.05, 3.63) is 27.9 Å². The number of ether oxygens (including phenoxy) is 1. The first kappa shape index (κ1) is 16.2. The summed E-state index contributed by atoms with van der Waals surface area (Å²) in [6.07, 6.45) is -3.79. The van der Waals surface area contributed by atoms with Crippen molar-refractivity contribution in [1.29, 1.82) is 0 Å². The molecule has 0 unspecified atom stereocenters. The molecule has 1 aromatic carbocycles. The second kappa shape index (κ2) is 5.88. The van der Waals surface area contributed by atoms with Crippen LogP contribution in [-0.2, 0) is 12.6 Å². The van der Waals surface area contributed by atoms with E-state index in [2.05, 4.69) is 20.9 Å². The minimum atomic E-state index is -4.41. The second-order valence-electron chi connectivity index (χ2n) is 5.03. The van der Waals surface area contributed by atoms with Gasteiger partial charge in [0.2, 0.25) is 0 Å². The van der Waals surface area contributed by atoms with Crippen LogP contribution in [0.25, 0.3) is 10.9 Å². The molecule has 0 saturated heterocycles. The Bertz CT molecular complexity index is 650. The van der Waals surface area contributed by atoms with E-state index in [9.17, 15) is 13.2 Å². The highest BCUT2D eigenvalue weighted by Gasteiger charge is 2.34. The Kier molecular flexibility index (Phi) is 4.53. The molecule has 2 aromatic rings. The van der Waals surface area contributed by atoms with Gasteiger partial charge in [-0.15, -0.1) is 0 Å². The molecule has 0 atom stereocenters. The zero-order valence-electron chi connectivity index (χ0n) is 11.9. The molecule has 7 heteroatoms. The first-order valence-corrected chi connectivity index (χ1v) is 7.14. The maximum atomic E-state index is 13.1. The predicted molar refractivity (Wildman–Crippen MR) is 79.8 cm³/mol. The normalized spacial score (nSPS) is 12.4. The fraction of sp³-hybridized carbons (Fsp3) is 0.429. The van der Waals surface area contributed by atoms with Gasteiger partial charge in [0.15, 0.2) is 0 Å². The zero-order chi connectivity index (χ0) is 15.8. The summed E-state index contributed by atoms with van der Waals surface area (Å²) in [4.78, 5) is 4.78. The molecule has 0 aliphatic heterocycles. The molecule has 3 nitrogen and oxygen atoms in total. The fourth-order valence-electron chi connectivity index (χ4n) is 2.28. The number of aromatic amines is 1. The summed E-state index contributed by atoms with van der Waals surface area (Å²) in [6.45, 7) is 0.727. The van der Waals surface area contributed by atoms with E-state index in [-0.39, 0.29) is 5.52 Å². The van der Waals surface area contributed by atoms with Gasteiger partial charge in [0, 0.05) is 11.9 Å². The fourth-order valence-corrected chi connectivity index (χ4v) is 2.88. The molecule has 116 valence electrons. The van der Waals surface area contributed by atoms with Crippen LogP contribution in [0.2, 0.25) is 0 Å². The molecule has 0 aliphatic carbocycles. The van der Waals surface area contributed by atoms with E-state index in [4.69, 9.17) is 4.74 Å². The number of methoxy groups -OCH3 is 1. The Morgan fingerprint density at radius 2 is 1.95 bits per heavy atom. The third kappa shape index (κ3) is 3.18. The lowest BCUT2D eigenvalue weighted by Crippen LogP contribution is -2.15. The SMILES string of the molecule is COc1ccc(C(F)(F)F)c2[nH]c(Br)c(CCN(C)C)c12. The molecule has 1 N–H and O–H groups in total. The Hall–Kier alpha value is -1.21. The smallest absolute Gasteiger partial charge is 0.418 e. The van der Waals surface area contributed by atoms with Crippen molar-refractivity contribution in [2.24, 2.45) is 0 Å². The first-order valence-electron chi connectivity index (χ1n) is 6.34. The number of alkyl halides is 3. The van der Waals surface area contributed by atoms with Gasteiger partial charge in [-0.3, -0.25) is 0 Å². The van der Waals surface area contributed by atoms with Gasteiger partial charge in [0.05, 0.1) is 22.8 Å². The molecule has 0 aliphatic rings. The number of H-pyrrole nitrogens is 1. The number of likely N-dealkylation sites (N-methyl/N-ethyl adjacent to an activating group) is 1. The van der Waals surface area contributed by atoms with Gasteiger partial charge in [-0.2, -0.15) is 13.2 Å². The van der Waals surface area contributed by atoms with Crippen LogP contribution in [0.4, 0.5) is 13.2 Å². The lowest BCUT2D eigenvalue weighted by Gasteiger charge is -2.12. The summed E-state index contributed by atoms with van der Waals surface area (Å²) in [7, 11) is 5.29. The topological polar surface area (TPSA) is 28.3 Å². The third-order valence-corrected chi connectivity index (χ3v) is 3.98. The predicted octanol–water partition coefficient (Wildman–Crippen LogP) is 4.06. The summed E-state index contributed by atoms with van der Waals surface area (Å²) >= 11 is 3.33. The number of halogens is 4. The van der Waals surface area contributed by atoms with E-state index in [0.717, 1.165) is 18.2 Å². The number of benzene rings is 1. The zero-order valence-corrected chi connectivity index (χ0v) is 13.5. The van der Waals surface area contributed by atoms with Crippen molar-refractivity contribution in [2.45, 2.75) is 12.6 Å². The molecule has 0 radical (unpaired) electrons. The quantitative estimate of drug-likeness (QED) is 0.885. The van der Waals surface area contributed by atoms with Crippen molar-refractivity contribution >= 4 is 26.8 Å². The van der Waals surface area contributed by atoms with Crippen LogP contribution in [0.5, 0.6) is 5.75 Å². The van der Waals surface area contributed by atoms with Gasteiger partial charge in [0.1, 0.15) is 5.75 Å². The van der Waals surface area contributed by atoms with Crippen LogP contribution in [0, 0.1) is 0 Å². The van der Waals surface area contributed by atoms with Crippen LogP contribution < -0.4 is 4.74 Å². The van der Waals surface area contributed by atoms with Gasteiger partial charge < -0.3 is 14.6 Å². The van der Waals surface area contributed by atoms with E-state index in [0.29, 0.717) is 22.2 Å². The molecule has 1 heterocycles. The monoisotopic (exact) mass is 364 g/mol. The van der Waals surface area contributed by atoms with Gasteiger partial charge in [-0.25, -0.2) is 0 Å². The number of nitrogens with zero attached hydrogens (tertiary/aromatic N) is 1. The van der Waals surface area contributed by atoms with Crippen LogP contribution in [-0.4, -0.2) is 37.6 Å². The van der Waals surface area contributed by atoms with Crippen molar-refractivity contribution in [2.75, 3.05) is 27.7 Å². The molecule has 0 saturated carbocycles. The van der Waals surface area contributed by atoms with Crippen LogP contribution >= 0.6 is 15.9 Å². The number of hydrogen-bond acceptors (Lipinski definition) is 2. The summed E-state index contributed by atoms with van der Waals surface area (Å²) in [6, 6.07) is 2.41. The molecule has 1 aromatic heterocycles. The Labute approximate surface area is 129 Å². The molecular weight excluding hydrogens is 349 g/mol. The van der Waals surface area contributed by atoms with Crippen molar-refractivity contribution in [3.8, 4) is 5.75 Å². The highest BCUT2D eigenvalue weighted by Crippen LogP contribution is 2.41. The highest BCUT2D eigenvalue weighted by molar-refractivity contribution is 9.10. The summed E-state index contributed by atoms with van der Waals surface area (Å²) in [5.41, 5.74) is 0.166. The van der Waals surface area contributed by atoms with Crippen molar-refractivity contribution in [3.63, 3.8) is 0 Å². The summed E-state index contributed by atoms with van der Waals surface area (Å²) in [5.74, 6) is 0.439. The Morgan fingerprint density at radius 3 is 2.48 bits per heavy atom. The molecular formula is C14H16BrF3N2O. The lowest BCUT2D eigenvalue weighted by atomic mass is 10.1. The van der Waals surface area contributed by atoms with Crippen LogP contribution in [0.3, 0.4) is 0 Å². The van der Waals surface area contributed by atoms with E-state index in [1.807, 2.05) is 19.0 Å². The number of hydrogen-bond donors (Lipinski definition) is 1. The molecule has 0 spiro atoms. The summed E-state index contributed by atoms with van der Waals surface area (Å²) in [5, 5.41) is 0.487. The molecule has 0 amide bonds. The molecule has 2 rings (SSSR count). The van der Waals surface area contributed by atoms with E-state index < -0.39 is 11.7 Å². The standard InChI is InChI=1S/C14H16BrF3N2O/c1-20(2)7-6-8-11-10(21-3)5-4-9(14(16,17)18)12(11)19-13(8)15/h4-5,19H,6-7H2,1-3H3. The van der Waals surface area contributed by atoms with Gasteiger partial charge in [-0.1, -0.05) is 0 Å². The minimum absolute atomic E-state index is 0.0579. The first-order chi connectivity index (χ1) is 9.75. The number of fused-ring (bicyclic) bond motifs is 1. The van der Waals surface area contributed by atoms with Gasteiger partial charge >= 0.3 is 6.18 Å². The number of rotatable bonds is 4.